The molecule has 148 valence electrons. The minimum absolute atomic E-state index is 0.187. The van der Waals surface area contributed by atoms with Gasteiger partial charge >= 0.3 is 0 Å². The molecule has 1 fully saturated rings. The van der Waals surface area contributed by atoms with E-state index in [1.54, 1.807) is 6.26 Å². The number of nitrogens with zero attached hydrogens (tertiary/aromatic N) is 2. The molecule has 0 amide bonds. The van der Waals surface area contributed by atoms with Gasteiger partial charge in [-0.15, -0.1) is 0 Å². The number of aromatic nitrogens is 1. The molecule has 0 bridgehead atoms. The average molecular weight is 388 g/mol. The molecular formula is C25H25FN2O. The Labute approximate surface area is 170 Å². The van der Waals surface area contributed by atoms with Gasteiger partial charge in [0.15, 0.2) is 0 Å². The molecule has 3 nitrogen and oxygen atoms in total. The SMILES string of the molecule is Fc1ccc(Cn2cc(C3CCN(Cc4ccco4)CC3)c3ccccc32)cc1. The Hall–Kier alpha value is -2.85. The van der Waals surface area contributed by atoms with Crippen LogP contribution in [0.5, 0.6) is 0 Å². The van der Waals surface area contributed by atoms with E-state index in [9.17, 15) is 4.39 Å². The van der Waals surface area contributed by atoms with E-state index >= 15 is 0 Å². The standard InChI is InChI=1S/C25H25FN2O/c26-21-9-7-19(8-10-21)16-28-18-24(23-5-1-2-6-25(23)28)20-11-13-27(14-12-20)17-22-4-3-15-29-22/h1-10,15,18,20H,11-14,16-17H2. The van der Waals surface area contributed by atoms with Crippen LogP contribution in [0.1, 0.15) is 35.6 Å². The number of piperidine rings is 1. The van der Waals surface area contributed by atoms with Crippen LogP contribution >= 0.6 is 0 Å². The smallest absolute Gasteiger partial charge is 0.123 e. The second-order valence-corrected chi connectivity index (χ2v) is 7.99. The maximum Gasteiger partial charge on any atom is 0.123 e. The largest absolute Gasteiger partial charge is 0.468 e. The van der Waals surface area contributed by atoms with Crippen molar-refractivity contribution in [3.05, 3.63) is 95.8 Å². The summed E-state index contributed by atoms with van der Waals surface area (Å²) in [6.07, 6.45) is 6.38. The van der Waals surface area contributed by atoms with Crippen molar-refractivity contribution in [3.63, 3.8) is 0 Å². The fourth-order valence-corrected chi connectivity index (χ4v) is 4.54. The Morgan fingerprint density at radius 1 is 0.897 bits per heavy atom. The summed E-state index contributed by atoms with van der Waals surface area (Å²) in [4.78, 5) is 2.48. The van der Waals surface area contributed by atoms with E-state index in [1.807, 2.05) is 18.2 Å². The third kappa shape index (κ3) is 3.85. The Kier molecular flexibility index (Phi) is 4.94. The van der Waals surface area contributed by atoms with E-state index in [4.69, 9.17) is 4.42 Å². The van der Waals surface area contributed by atoms with Gasteiger partial charge in [0.1, 0.15) is 11.6 Å². The third-order valence-corrected chi connectivity index (χ3v) is 6.07. The van der Waals surface area contributed by atoms with Crippen molar-refractivity contribution in [2.45, 2.75) is 31.8 Å². The topological polar surface area (TPSA) is 21.3 Å². The number of halogens is 1. The van der Waals surface area contributed by atoms with Crippen molar-refractivity contribution in [1.82, 2.24) is 9.47 Å². The van der Waals surface area contributed by atoms with Crippen LogP contribution in [-0.4, -0.2) is 22.6 Å². The van der Waals surface area contributed by atoms with Gasteiger partial charge in [-0.2, -0.15) is 0 Å². The van der Waals surface area contributed by atoms with Crippen molar-refractivity contribution >= 4 is 10.9 Å². The van der Waals surface area contributed by atoms with Gasteiger partial charge in [-0.25, -0.2) is 4.39 Å². The highest BCUT2D eigenvalue weighted by atomic mass is 19.1. The lowest BCUT2D eigenvalue weighted by atomic mass is 9.89. The molecule has 5 rings (SSSR count). The molecule has 1 saturated heterocycles. The quantitative estimate of drug-likeness (QED) is 0.431. The van der Waals surface area contributed by atoms with Crippen LogP contribution in [0.15, 0.2) is 77.5 Å². The zero-order valence-corrected chi connectivity index (χ0v) is 16.4. The second kappa shape index (κ2) is 7.88. The zero-order chi connectivity index (χ0) is 19.6. The summed E-state index contributed by atoms with van der Waals surface area (Å²) in [5.74, 6) is 1.43. The van der Waals surface area contributed by atoms with E-state index in [-0.39, 0.29) is 5.82 Å². The summed E-state index contributed by atoms with van der Waals surface area (Å²) in [5.41, 5.74) is 3.82. The van der Waals surface area contributed by atoms with Gasteiger partial charge in [-0.1, -0.05) is 30.3 Å². The molecular weight excluding hydrogens is 363 g/mol. The Balaban J connectivity index is 1.36. The summed E-state index contributed by atoms with van der Waals surface area (Å²) in [5, 5.41) is 1.35. The summed E-state index contributed by atoms with van der Waals surface area (Å²) in [7, 11) is 0. The van der Waals surface area contributed by atoms with Gasteiger partial charge < -0.3 is 8.98 Å². The fraction of sp³-hybridized carbons (Fsp3) is 0.280. The molecule has 1 aliphatic rings. The molecule has 0 N–H and O–H groups in total. The fourth-order valence-electron chi connectivity index (χ4n) is 4.54. The van der Waals surface area contributed by atoms with Crippen LogP contribution in [-0.2, 0) is 13.1 Å². The van der Waals surface area contributed by atoms with Crippen LogP contribution in [0.25, 0.3) is 10.9 Å². The van der Waals surface area contributed by atoms with E-state index in [1.165, 1.54) is 28.6 Å². The van der Waals surface area contributed by atoms with Crippen LogP contribution in [0, 0.1) is 5.82 Å². The first-order valence-electron chi connectivity index (χ1n) is 10.3. The van der Waals surface area contributed by atoms with Gasteiger partial charge in [0.2, 0.25) is 0 Å². The molecule has 0 radical (unpaired) electrons. The number of para-hydroxylation sites is 1. The van der Waals surface area contributed by atoms with Crippen LogP contribution in [0.4, 0.5) is 4.39 Å². The van der Waals surface area contributed by atoms with Crippen molar-refractivity contribution in [2.24, 2.45) is 0 Å². The van der Waals surface area contributed by atoms with Crippen LogP contribution in [0.2, 0.25) is 0 Å². The first kappa shape index (κ1) is 18.2. The predicted molar refractivity (Wildman–Crippen MR) is 113 cm³/mol. The van der Waals surface area contributed by atoms with Gasteiger partial charge in [0.25, 0.3) is 0 Å². The molecule has 2 aromatic carbocycles. The van der Waals surface area contributed by atoms with Crippen molar-refractivity contribution in [2.75, 3.05) is 13.1 Å². The van der Waals surface area contributed by atoms with E-state index in [0.717, 1.165) is 50.3 Å². The number of benzene rings is 2. The van der Waals surface area contributed by atoms with Crippen molar-refractivity contribution < 1.29 is 8.81 Å². The van der Waals surface area contributed by atoms with Crippen LogP contribution in [0.3, 0.4) is 0 Å². The zero-order valence-electron chi connectivity index (χ0n) is 16.4. The van der Waals surface area contributed by atoms with E-state index < -0.39 is 0 Å². The molecule has 29 heavy (non-hydrogen) atoms. The monoisotopic (exact) mass is 388 g/mol. The minimum atomic E-state index is -0.187. The lowest BCUT2D eigenvalue weighted by Gasteiger charge is -2.31. The molecule has 4 heteroatoms. The highest BCUT2D eigenvalue weighted by molar-refractivity contribution is 5.84. The summed E-state index contributed by atoms with van der Waals surface area (Å²) < 4.78 is 21.1. The predicted octanol–water partition coefficient (Wildman–Crippen LogP) is 5.80. The molecule has 0 atom stereocenters. The highest BCUT2D eigenvalue weighted by Gasteiger charge is 2.24. The normalized spacial score (nSPS) is 15.9. The Bertz CT molecular complexity index is 1070. The lowest BCUT2D eigenvalue weighted by Crippen LogP contribution is -2.32. The molecule has 0 saturated carbocycles. The van der Waals surface area contributed by atoms with Crippen molar-refractivity contribution in [3.8, 4) is 0 Å². The van der Waals surface area contributed by atoms with E-state index in [0.29, 0.717) is 5.92 Å². The molecule has 2 aromatic heterocycles. The van der Waals surface area contributed by atoms with Crippen LogP contribution < -0.4 is 0 Å². The molecule has 1 aliphatic heterocycles. The summed E-state index contributed by atoms with van der Waals surface area (Å²) in [6, 6.07) is 19.5. The maximum absolute atomic E-state index is 13.3. The van der Waals surface area contributed by atoms with Gasteiger partial charge in [0, 0.05) is 23.6 Å². The molecule has 0 spiro atoms. The first-order chi connectivity index (χ1) is 14.3. The summed E-state index contributed by atoms with van der Waals surface area (Å²) in [6.45, 7) is 3.83. The molecule has 0 unspecified atom stereocenters. The Morgan fingerprint density at radius 2 is 1.69 bits per heavy atom. The molecule has 4 aromatic rings. The lowest BCUT2D eigenvalue weighted by molar-refractivity contribution is 0.191. The van der Waals surface area contributed by atoms with E-state index in [2.05, 4.69) is 46.0 Å². The number of furan rings is 1. The second-order valence-electron chi connectivity index (χ2n) is 7.99. The third-order valence-electron chi connectivity index (χ3n) is 6.07. The van der Waals surface area contributed by atoms with Gasteiger partial charge in [-0.3, -0.25) is 4.90 Å². The maximum atomic E-state index is 13.3. The number of likely N-dealkylation sites (tertiary alicyclic amines) is 1. The van der Waals surface area contributed by atoms with Crippen molar-refractivity contribution in [1.29, 1.82) is 0 Å². The number of hydrogen-bond acceptors (Lipinski definition) is 2. The molecule has 0 aliphatic carbocycles. The molecule has 3 heterocycles. The van der Waals surface area contributed by atoms with Gasteiger partial charge in [-0.05, 0) is 73.3 Å². The highest BCUT2D eigenvalue weighted by Crippen LogP contribution is 2.35. The number of rotatable bonds is 5. The minimum Gasteiger partial charge on any atom is -0.468 e. The van der Waals surface area contributed by atoms with Gasteiger partial charge in [0.05, 0.1) is 12.8 Å². The number of fused-ring (bicyclic) bond motifs is 1. The summed E-state index contributed by atoms with van der Waals surface area (Å²) >= 11 is 0. The number of hydrogen-bond donors (Lipinski definition) is 0. The first-order valence-corrected chi connectivity index (χ1v) is 10.3. The average Bonchev–Trinajstić information content (AvgIpc) is 3.39. The Morgan fingerprint density at radius 3 is 2.45 bits per heavy atom.